The van der Waals surface area contributed by atoms with Gasteiger partial charge in [0.15, 0.2) is 0 Å². The summed E-state index contributed by atoms with van der Waals surface area (Å²) in [5.41, 5.74) is 0.835. The summed E-state index contributed by atoms with van der Waals surface area (Å²) in [7, 11) is 1.82. The minimum absolute atomic E-state index is 0.0243. The highest BCUT2D eigenvalue weighted by Crippen LogP contribution is 2.03. The van der Waals surface area contributed by atoms with Crippen LogP contribution in [-0.2, 0) is 4.74 Å². The number of thiazole rings is 1. The van der Waals surface area contributed by atoms with Crippen LogP contribution < -0.4 is 15.2 Å². The van der Waals surface area contributed by atoms with Crippen LogP contribution >= 0.6 is 11.3 Å². The number of hydrogen-bond donors (Lipinski definition) is 2. The number of aliphatic hydroxyl groups is 1. The topological polar surface area (TPSA) is 67.3 Å². The molecule has 2 rings (SSSR count). The summed E-state index contributed by atoms with van der Waals surface area (Å²) in [6, 6.07) is 3.77. The summed E-state index contributed by atoms with van der Waals surface area (Å²) in [5, 5.41) is 13.8. The first-order chi connectivity index (χ1) is 13.2. The number of halogens is 1. The first-order valence-corrected chi connectivity index (χ1v) is 9.25. The average Bonchev–Trinajstić information content (AvgIpc) is 3.10. The highest BCUT2D eigenvalue weighted by molar-refractivity contribution is 7.10. The Morgan fingerprint density at radius 1 is 1.44 bits per heavy atom. The van der Waals surface area contributed by atoms with Crippen molar-refractivity contribution in [3.8, 4) is 11.8 Å². The van der Waals surface area contributed by atoms with E-state index in [0.29, 0.717) is 6.61 Å². The van der Waals surface area contributed by atoms with E-state index in [1.807, 2.05) is 44.3 Å². The second kappa shape index (κ2) is 11.2. The van der Waals surface area contributed by atoms with Gasteiger partial charge in [-0.25, -0.2) is 14.4 Å². The van der Waals surface area contributed by atoms with Crippen LogP contribution in [-0.4, -0.2) is 48.1 Å². The number of nitrogens with one attached hydrogen (secondary N) is 1. The van der Waals surface area contributed by atoms with Gasteiger partial charge in [0.1, 0.15) is 23.6 Å². The quantitative estimate of drug-likeness (QED) is 0.558. The van der Waals surface area contributed by atoms with Gasteiger partial charge >= 0.3 is 0 Å². The Kier molecular flexibility index (Phi) is 8.65. The maximum Gasteiger partial charge on any atom is 0.125 e. The predicted octanol–water partition coefficient (Wildman–Crippen LogP) is 1.57. The fraction of sp³-hybridized carbons (Fsp3) is 0.300. The number of aliphatic hydroxyl groups excluding tert-OH is 1. The molecule has 2 aromatic heterocycles. The van der Waals surface area contributed by atoms with Crippen molar-refractivity contribution in [3.63, 3.8) is 0 Å². The molecule has 2 heterocycles. The minimum atomic E-state index is -1.07. The molecule has 0 radical (unpaired) electrons. The maximum atomic E-state index is 12.2. The third-order valence-corrected chi connectivity index (χ3v) is 4.42. The molecule has 2 N–H and O–H groups in total. The summed E-state index contributed by atoms with van der Waals surface area (Å²) >= 11 is 1.51. The third-order valence-electron chi connectivity index (χ3n) is 3.39. The Labute approximate surface area is 162 Å². The van der Waals surface area contributed by atoms with E-state index in [4.69, 9.17) is 9.84 Å². The van der Waals surface area contributed by atoms with E-state index in [2.05, 4.69) is 27.1 Å². The summed E-state index contributed by atoms with van der Waals surface area (Å²) < 4.78 is 18.4. The number of hydrogen-bond acceptors (Lipinski definition) is 6. The van der Waals surface area contributed by atoms with Crippen LogP contribution in [0.4, 0.5) is 10.2 Å². The molecular formula is C20H22FN3O2S. The average molecular weight is 387 g/mol. The van der Waals surface area contributed by atoms with Crippen LogP contribution in [0.25, 0.3) is 18.2 Å². The Morgan fingerprint density at radius 2 is 2.30 bits per heavy atom. The number of alkyl halides is 1. The molecule has 1 atom stereocenters. The van der Waals surface area contributed by atoms with Gasteiger partial charge in [-0.05, 0) is 37.3 Å². The van der Waals surface area contributed by atoms with Crippen LogP contribution in [0.1, 0.15) is 17.5 Å². The number of allylic oxidation sites excluding steroid dienone is 1. The molecule has 5 nitrogen and oxygen atoms in total. The number of aromatic nitrogens is 2. The van der Waals surface area contributed by atoms with Gasteiger partial charge in [-0.3, -0.25) is 0 Å². The normalized spacial score (nSPS) is 13.6. The molecule has 0 fully saturated rings. The van der Waals surface area contributed by atoms with E-state index in [1.165, 1.54) is 11.3 Å². The van der Waals surface area contributed by atoms with Crippen molar-refractivity contribution < 1.29 is 14.2 Å². The molecule has 0 amide bonds. The van der Waals surface area contributed by atoms with Gasteiger partial charge in [0, 0.05) is 18.8 Å². The maximum absolute atomic E-state index is 12.2. The van der Waals surface area contributed by atoms with Crippen LogP contribution in [0.15, 0.2) is 24.4 Å². The SMILES string of the molecule is C/C=c1/nc(/C=C/C#Cc2ccc(NC)nc2)s/c1=C/COCC(O)CF. The summed E-state index contributed by atoms with van der Waals surface area (Å²) in [6.45, 7) is 1.37. The zero-order valence-electron chi connectivity index (χ0n) is 15.3. The van der Waals surface area contributed by atoms with Crippen molar-refractivity contribution in [2.45, 2.75) is 13.0 Å². The van der Waals surface area contributed by atoms with Crippen molar-refractivity contribution in [1.82, 2.24) is 9.97 Å². The molecule has 2 aromatic rings. The Morgan fingerprint density at radius 3 is 2.96 bits per heavy atom. The van der Waals surface area contributed by atoms with Crippen LogP contribution in [0.3, 0.4) is 0 Å². The molecule has 0 aliphatic heterocycles. The van der Waals surface area contributed by atoms with Crippen molar-refractivity contribution in [3.05, 3.63) is 44.9 Å². The van der Waals surface area contributed by atoms with Gasteiger partial charge in [0.25, 0.3) is 0 Å². The van der Waals surface area contributed by atoms with E-state index in [0.717, 1.165) is 26.3 Å². The van der Waals surface area contributed by atoms with Crippen LogP contribution in [0.5, 0.6) is 0 Å². The molecule has 0 saturated carbocycles. The van der Waals surface area contributed by atoms with Crippen molar-refractivity contribution >= 4 is 35.4 Å². The molecule has 0 bridgehead atoms. The van der Waals surface area contributed by atoms with E-state index >= 15 is 0 Å². The molecule has 0 aliphatic rings. The van der Waals surface area contributed by atoms with Gasteiger partial charge in [0.05, 0.1) is 23.1 Å². The number of pyridine rings is 1. The molecule has 1 unspecified atom stereocenters. The van der Waals surface area contributed by atoms with Crippen LogP contribution in [0.2, 0.25) is 0 Å². The monoisotopic (exact) mass is 387 g/mol. The summed E-state index contributed by atoms with van der Waals surface area (Å²) in [6.07, 6.45) is 8.03. The van der Waals surface area contributed by atoms with Gasteiger partial charge < -0.3 is 15.2 Å². The van der Waals surface area contributed by atoms with Gasteiger partial charge in [-0.15, -0.1) is 11.3 Å². The van der Waals surface area contributed by atoms with E-state index in [1.54, 1.807) is 12.3 Å². The highest BCUT2D eigenvalue weighted by atomic mass is 32.1. The third kappa shape index (κ3) is 6.94. The molecule has 0 spiro atoms. The molecule has 7 heteroatoms. The number of rotatable bonds is 7. The van der Waals surface area contributed by atoms with Crippen molar-refractivity contribution in [2.24, 2.45) is 0 Å². The summed E-state index contributed by atoms with van der Waals surface area (Å²) in [5.74, 6) is 6.79. The molecule has 0 saturated heterocycles. The predicted molar refractivity (Wildman–Crippen MR) is 108 cm³/mol. The van der Waals surface area contributed by atoms with E-state index in [9.17, 15) is 4.39 Å². The molecular weight excluding hydrogens is 365 g/mol. The second-order valence-corrected chi connectivity index (χ2v) is 6.49. The lowest BCUT2D eigenvalue weighted by Crippen LogP contribution is -2.22. The lowest BCUT2D eigenvalue weighted by atomic mass is 10.3. The fourth-order valence-corrected chi connectivity index (χ4v) is 2.95. The second-order valence-electron chi connectivity index (χ2n) is 5.42. The van der Waals surface area contributed by atoms with Gasteiger partial charge in [-0.2, -0.15) is 0 Å². The van der Waals surface area contributed by atoms with E-state index < -0.39 is 12.8 Å². The van der Waals surface area contributed by atoms with Gasteiger partial charge in [0.2, 0.25) is 0 Å². The number of ether oxygens (including phenoxy) is 1. The summed E-state index contributed by atoms with van der Waals surface area (Å²) in [4.78, 5) is 8.72. The number of nitrogens with zero attached hydrogens (tertiary/aromatic N) is 2. The van der Waals surface area contributed by atoms with Crippen LogP contribution in [0, 0.1) is 11.8 Å². The largest absolute Gasteiger partial charge is 0.388 e. The lowest BCUT2D eigenvalue weighted by molar-refractivity contribution is 0.0378. The minimum Gasteiger partial charge on any atom is -0.388 e. The van der Waals surface area contributed by atoms with Crippen molar-refractivity contribution in [1.29, 1.82) is 0 Å². The Bertz CT molecular complexity index is 927. The first-order valence-electron chi connectivity index (χ1n) is 8.43. The number of anilines is 1. The molecule has 27 heavy (non-hydrogen) atoms. The molecule has 142 valence electrons. The Hall–Kier alpha value is -2.53. The van der Waals surface area contributed by atoms with Crippen molar-refractivity contribution in [2.75, 3.05) is 32.3 Å². The lowest BCUT2D eigenvalue weighted by Gasteiger charge is -2.04. The fourth-order valence-electron chi connectivity index (χ4n) is 2.02. The zero-order valence-corrected chi connectivity index (χ0v) is 16.1. The first kappa shape index (κ1) is 20.8. The molecule has 0 aliphatic carbocycles. The highest BCUT2D eigenvalue weighted by Gasteiger charge is 2.01. The van der Waals surface area contributed by atoms with Gasteiger partial charge in [-0.1, -0.05) is 17.9 Å². The molecule has 0 aromatic carbocycles. The van der Waals surface area contributed by atoms with E-state index in [-0.39, 0.29) is 6.61 Å². The zero-order chi connectivity index (χ0) is 19.5. The Balaban J connectivity index is 2.01. The standard InChI is InChI=1S/C20H22FN3O2S/c1-3-17-18(10-11-26-14-16(25)12-21)27-20(24-17)7-5-4-6-15-8-9-19(22-2)23-13-15/h3,5,7-10,13,16,25H,11-12,14H2,1-2H3,(H,22,23)/b7-5+,17-3+,18-10+. The smallest absolute Gasteiger partial charge is 0.125 e.